The molecule has 1 unspecified atom stereocenters. The van der Waals surface area contributed by atoms with Crippen molar-refractivity contribution in [2.75, 3.05) is 24.5 Å². The van der Waals surface area contributed by atoms with E-state index < -0.39 is 51.7 Å². The molecule has 1 N–H and O–H groups in total. The van der Waals surface area contributed by atoms with Gasteiger partial charge in [0, 0.05) is 42.8 Å². The molecule has 2 aliphatic rings. The number of rotatable bonds is 7. The van der Waals surface area contributed by atoms with Crippen molar-refractivity contribution < 1.29 is 31.6 Å². The molecule has 39 heavy (non-hydrogen) atoms. The molecule has 0 aliphatic carbocycles. The lowest BCUT2D eigenvalue weighted by Crippen LogP contribution is -2.61. The molecule has 0 spiro atoms. The second-order valence-electron chi connectivity index (χ2n) is 9.99. The number of hydrogen-bond donors (Lipinski definition) is 1. The van der Waals surface area contributed by atoms with Gasteiger partial charge in [-0.3, -0.25) is 19.4 Å². The van der Waals surface area contributed by atoms with E-state index in [1.165, 1.54) is 35.2 Å². The van der Waals surface area contributed by atoms with E-state index in [2.05, 4.69) is 5.32 Å². The highest BCUT2D eigenvalue weighted by molar-refractivity contribution is 7.89. The van der Waals surface area contributed by atoms with E-state index in [1.54, 1.807) is 38.1 Å². The highest BCUT2D eigenvalue weighted by Gasteiger charge is 2.43. The Morgan fingerprint density at radius 2 is 1.85 bits per heavy atom. The summed E-state index contributed by atoms with van der Waals surface area (Å²) in [4.78, 5) is 42.0. The van der Waals surface area contributed by atoms with Crippen LogP contribution in [0.4, 0.5) is 14.9 Å². The van der Waals surface area contributed by atoms with E-state index in [4.69, 9.17) is 4.42 Å². The van der Waals surface area contributed by atoms with Crippen molar-refractivity contribution in [2.24, 2.45) is 5.92 Å². The number of anilines is 1. The number of imide groups is 1. The van der Waals surface area contributed by atoms with Crippen molar-refractivity contribution in [1.82, 2.24) is 14.5 Å². The zero-order valence-corrected chi connectivity index (χ0v) is 22.4. The summed E-state index contributed by atoms with van der Waals surface area (Å²) in [6.45, 7) is 3.46. The zero-order chi connectivity index (χ0) is 27.9. The number of carbonyl (C=O) groups excluding carboxylic acids is 3. The molecule has 12 heteroatoms. The Kier molecular flexibility index (Phi) is 7.17. The Bertz CT molecular complexity index is 1490. The van der Waals surface area contributed by atoms with Crippen LogP contribution in [-0.4, -0.2) is 67.2 Å². The number of benzene rings is 2. The summed E-state index contributed by atoms with van der Waals surface area (Å²) >= 11 is 0. The predicted octanol–water partition coefficient (Wildman–Crippen LogP) is 3.33. The van der Waals surface area contributed by atoms with E-state index in [1.807, 2.05) is 0 Å². The third-order valence-electron chi connectivity index (χ3n) is 7.08. The SMILES string of the molecule is CC(C)N1C(=O)C(CNC(=O)[C@@H]2CCCN2S(=O)(=O)c2cc3ccccc3o2)CN(c2ccc(F)cc2)C1=O. The van der Waals surface area contributed by atoms with E-state index >= 15 is 0 Å². The number of furan rings is 1. The monoisotopic (exact) mass is 556 g/mol. The minimum absolute atomic E-state index is 0.0154. The summed E-state index contributed by atoms with van der Waals surface area (Å²) in [6, 6.07) is 11.8. The average molecular weight is 557 g/mol. The fourth-order valence-corrected chi connectivity index (χ4v) is 6.70. The molecule has 2 aliphatic heterocycles. The van der Waals surface area contributed by atoms with E-state index in [-0.39, 0.29) is 24.7 Å². The summed E-state index contributed by atoms with van der Waals surface area (Å²) in [7, 11) is -4.08. The normalized spacial score (nSPS) is 20.8. The first-order valence-electron chi connectivity index (χ1n) is 12.8. The Morgan fingerprint density at radius 1 is 1.13 bits per heavy atom. The molecule has 4 amide bonds. The van der Waals surface area contributed by atoms with Gasteiger partial charge >= 0.3 is 6.03 Å². The fraction of sp³-hybridized carbons (Fsp3) is 0.370. The number of amides is 4. The van der Waals surface area contributed by atoms with Crippen molar-refractivity contribution >= 4 is 44.5 Å². The summed E-state index contributed by atoms with van der Waals surface area (Å²) < 4.78 is 46.9. The minimum Gasteiger partial charge on any atom is -0.443 e. The molecule has 10 nitrogen and oxygen atoms in total. The highest BCUT2D eigenvalue weighted by Crippen LogP contribution is 2.30. The maximum atomic E-state index is 13.5. The molecule has 2 atom stereocenters. The maximum Gasteiger partial charge on any atom is 0.331 e. The van der Waals surface area contributed by atoms with E-state index in [0.717, 1.165) is 9.21 Å². The fourth-order valence-electron chi connectivity index (χ4n) is 5.09. The van der Waals surface area contributed by atoms with Crippen molar-refractivity contribution in [3.8, 4) is 0 Å². The van der Waals surface area contributed by atoms with Crippen molar-refractivity contribution in [2.45, 2.75) is 43.9 Å². The van der Waals surface area contributed by atoms with Gasteiger partial charge in [0.05, 0.1) is 5.92 Å². The van der Waals surface area contributed by atoms with E-state index in [0.29, 0.717) is 29.5 Å². The number of para-hydroxylation sites is 1. The van der Waals surface area contributed by atoms with Gasteiger partial charge in [0.1, 0.15) is 17.4 Å². The van der Waals surface area contributed by atoms with Gasteiger partial charge in [-0.05, 0) is 57.0 Å². The van der Waals surface area contributed by atoms with Gasteiger partial charge in [-0.15, -0.1) is 0 Å². The van der Waals surface area contributed by atoms with Crippen LogP contribution in [0.3, 0.4) is 0 Å². The predicted molar refractivity (Wildman–Crippen MR) is 141 cm³/mol. The van der Waals surface area contributed by atoms with Crippen LogP contribution in [0, 0.1) is 11.7 Å². The molecule has 1 aromatic heterocycles. The van der Waals surface area contributed by atoms with Gasteiger partial charge in [0.25, 0.3) is 10.0 Å². The lowest BCUT2D eigenvalue weighted by molar-refractivity contribution is -0.134. The number of urea groups is 1. The number of nitrogens with one attached hydrogen (secondary N) is 1. The van der Waals surface area contributed by atoms with Gasteiger partial charge in [0.15, 0.2) is 0 Å². The highest BCUT2D eigenvalue weighted by atomic mass is 32.2. The molecule has 2 saturated heterocycles. The first-order chi connectivity index (χ1) is 18.6. The van der Waals surface area contributed by atoms with Crippen LogP contribution in [0.1, 0.15) is 26.7 Å². The standard InChI is InChI=1S/C27H29FN4O6S/c1-17(2)32-26(34)19(16-30(27(32)35)21-11-9-20(28)10-12-21)15-29-25(33)22-7-5-13-31(22)39(36,37)24-14-18-6-3-4-8-23(18)38-24/h3-4,6,8-12,14,17,19,22H,5,7,13,15-16H2,1-2H3,(H,29,33)/t19?,22-/m0/s1. The van der Waals surface area contributed by atoms with Gasteiger partial charge < -0.3 is 9.73 Å². The number of fused-ring (bicyclic) bond motifs is 1. The van der Waals surface area contributed by atoms with Crippen molar-refractivity contribution in [3.63, 3.8) is 0 Å². The Balaban J connectivity index is 1.32. The Morgan fingerprint density at radius 3 is 2.54 bits per heavy atom. The Labute approximate surface area is 225 Å². The van der Waals surface area contributed by atoms with Crippen LogP contribution >= 0.6 is 0 Å². The quantitative estimate of drug-likeness (QED) is 0.477. The maximum absolute atomic E-state index is 13.5. The number of hydrogen-bond acceptors (Lipinski definition) is 6. The molecule has 0 radical (unpaired) electrons. The average Bonchev–Trinajstić information content (AvgIpc) is 3.57. The topological polar surface area (TPSA) is 120 Å². The summed E-state index contributed by atoms with van der Waals surface area (Å²) in [6.07, 6.45) is 0.816. The summed E-state index contributed by atoms with van der Waals surface area (Å²) in [5.41, 5.74) is 0.858. The molecular weight excluding hydrogens is 527 g/mol. The molecular formula is C27H29FN4O6S. The van der Waals surface area contributed by atoms with Gasteiger partial charge in [-0.2, -0.15) is 4.31 Å². The van der Waals surface area contributed by atoms with Crippen molar-refractivity contribution in [1.29, 1.82) is 0 Å². The minimum atomic E-state index is -4.08. The second kappa shape index (κ2) is 10.4. The van der Waals surface area contributed by atoms with Crippen LogP contribution in [0.25, 0.3) is 11.0 Å². The van der Waals surface area contributed by atoms with Crippen LogP contribution in [-0.2, 0) is 19.6 Å². The number of carbonyl (C=O) groups is 3. The third kappa shape index (κ3) is 5.01. The van der Waals surface area contributed by atoms with Crippen molar-refractivity contribution in [3.05, 3.63) is 60.4 Å². The molecule has 206 valence electrons. The molecule has 0 bridgehead atoms. The number of halogens is 1. The number of sulfonamides is 1. The van der Waals surface area contributed by atoms with Gasteiger partial charge in [0.2, 0.25) is 16.9 Å². The number of nitrogens with zero attached hydrogens (tertiary/aromatic N) is 3. The smallest absolute Gasteiger partial charge is 0.331 e. The molecule has 5 rings (SSSR count). The lowest BCUT2D eigenvalue weighted by atomic mass is 10.0. The molecule has 3 aromatic rings. The first kappa shape index (κ1) is 26.8. The second-order valence-corrected chi connectivity index (χ2v) is 11.8. The van der Waals surface area contributed by atoms with Crippen LogP contribution in [0.15, 0.2) is 64.1 Å². The lowest BCUT2D eigenvalue weighted by Gasteiger charge is -2.40. The molecule has 3 heterocycles. The Hall–Kier alpha value is -3.77. The largest absolute Gasteiger partial charge is 0.443 e. The molecule has 2 aromatic carbocycles. The summed E-state index contributed by atoms with van der Waals surface area (Å²) in [5.74, 6) is -2.20. The van der Waals surface area contributed by atoms with Crippen LogP contribution in [0.5, 0.6) is 0 Å². The molecule has 0 saturated carbocycles. The molecule has 2 fully saturated rings. The van der Waals surface area contributed by atoms with Crippen LogP contribution < -0.4 is 10.2 Å². The summed E-state index contributed by atoms with van der Waals surface area (Å²) in [5, 5.41) is 3.15. The van der Waals surface area contributed by atoms with Crippen LogP contribution in [0.2, 0.25) is 0 Å². The third-order valence-corrected chi connectivity index (χ3v) is 8.84. The van der Waals surface area contributed by atoms with Gasteiger partial charge in [-0.25, -0.2) is 17.6 Å². The first-order valence-corrected chi connectivity index (χ1v) is 14.2. The van der Waals surface area contributed by atoms with E-state index in [9.17, 15) is 27.2 Å². The zero-order valence-electron chi connectivity index (χ0n) is 21.5. The van der Waals surface area contributed by atoms with Gasteiger partial charge in [-0.1, -0.05) is 18.2 Å².